The van der Waals surface area contributed by atoms with E-state index in [1.165, 1.54) is 0 Å². The van der Waals surface area contributed by atoms with Crippen LogP contribution in [0.5, 0.6) is 0 Å². The maximum atomic E-state index is 13.1. The van der Waals surface area contributed by atoms with Crippen LogP contribution in [0.25, 0.3) is 17.1 Å². The van der Waals surface area contributed by atoms with Crippen LogP contribution in [0, 0.1) is 0 Å². The summed E-state index contributed by atoms with van der Waals surface area (Å²) in [6.07, 6.45) is -0.240. The molecular weight excluding hydrogens is 551 g/mol. The van der Waals surface area contributed by atoms with Crippen LogP contribution in [0.2, 0.25) is 15.1 Å². The van der Waals surface area contributed by atoms with Crippen LogP contribution in [0.4, 0.5) is 5.69 Å². The Kier molecular flexibility index (Phi) is 8.74. The van der Waals surface area contributed by atoms with Gasteiger partial charge in [-0.25, -0.2) is 9.67 Å². The lowest BCUT2D eigenvalue weighted by Gasteiger charge is -2.12. The first-order valence-electron chi connectivity index (χ1n) is 12.0. The molecule has 2 heterocycles. The van der Waals surface area contributed by atoms with E-state index < -0.39 is 11.7 Å². The Balaban J connectivity index is 1.62. The van der Waals surface area contributed by atoms with E-state index in [2.05, 4.69) is 20.7 Å². The van der Waals surface area contributed by atoms with Crippen LogP contribution in [0.1, 0.15) is 43.8 Å². The molecule has 0 fully saturated rings. The third-order valence-electron chi connectivity index (χ3n) is 5.72. The van der Waals surface area contributed by atoms with Crippen molar-refractivity contribution in [1.29, 1.82) is 0 Å². The van der Waals surface area contributed by atoms with Gasteiger partial charge < -0.3 is 15.7 Å². The van der Waals surface area contributed by atoms with Crippen molar-refractivity contribution >= 4 is 46.4 Å². The van der Waals surface area contributed by atoms with Crippen LogP contribution in [0.15, 0.2) is 41.2 Å². The van der Waals surface area contributed by atoms with Crippen molar-refractivity contribution in [2.45, 2.75) is 39.2 Å². The third-order valence-corrected chi connectivity index (χ3v) is 6.52. The highest BCUT2D eigenvalue weighted by molar-refractivity contribution is 6.40. The number of aliphatic hydroxyl groups excluding tert-OH is 1. The Morgan fingerprint density at radius 2 is 1.74 bits per heavy atom. The van der Waals surface area contributed by atoms with E-state index in [9.17, 15) is 14.7 Å². The molecule has 2 aliphatic heterocycles. The first-order chi connectivity index (χ1) is 18.0. The van der Waals surface area contributed by atoms with Gasteiger partial charge >= 0.3 is 0 Å². The molecule has 1 atom stereocenters. The Hall–Kier alpha value is -2.95. The summed E-state index contributed by atoms with van der Waals surface area (Å²) >= 11 is 19.1. The molecule has 38 heavy (non-hydrogen) atoms. The van der Waals surface area contributed by atoms with Crippen molar-refractivity contribution in [3.8, 4) is 17.1 Å². The van der Waals surface area contributed by atoms with E-state index in [0.717, 1.165) is 5.56 Å². The number of anilines is 1. The maximum absolute atomic E-state index is 13.1. The highest BCUT2D eigenvalue weighted by Crippen LogP contribution is 2.36. The minimum absolute atomic E-state index is 0.0178. The lowest BCUT2D eigenvalue weighted by Crippen LogP contribution is -2.32. The van der Waals surface area contributed by atoms with Gasteiger partial charge in [-0.3, -0.25) is 14.7 Å². The minimum Gasteiger partial charge on any atom is -0.392 e. The Morgan fingerprint density at radius 1 is 1.08 bits per heavy atom. The Bertz CT molecular complexity index is 1460. The number of amides is 1. The molecule has 0 aromatic heterocycles. The maximum Gasteiger partial charge on any atom is 0.284 e. The molecule has 2 aliphatic rings. The first kappa shape index (κ1) is 28.1. The van der Waals surface area contributed by atoms with Gasteiger partial charge in [0.05, 0.1) is 28.4 Å². The highest BCUT2D eigenvalue weighted by Gasteiger charge is 2.27. The number of hydrogen-bond donors (Lipinski definition) is 4. The van der Waals surface area contributed by atoms with Crippen LogP contribution >= 0.6 is 34.8 Å². The summed E-state index contributed by atoms with van der Waals surface area (Å²) in [7, 11) is 0. The standard InChI is InChI=1S/C26H27Cl3N6O3/c1-13(2)23-22-25(35(34-23)24-18(28)9-16(27)10-19(24)29)32-20(33-26(22)38)8-15-4-6-17(7-5-15)31-21(37)12-30-11-14(3)36/h4-7,9-10,13-14,30,34,36H,8,11-12H2,1-3H3,(H,31,37). The molecule has 0 saturated heterocycles. The predicted octanol–water partition coefficient (Wildman–Crippen LogP) is 4.64. The molecule has 1 unspecified atom stereocenters. The van der Waals surface area contributed by atoms with Crippen molar-refractivity contribution in [1.82, 2.24) is 25.1 Å². The molecule has 9 nitrogen and oxygen atoms in total. The molecule has 200 valence electrons. The zero-order valence-corrected chi connectivity index (χ0v) is 23.2. The van der Waals surface area contributed by atoms with Gasteiger partial charge in [0.15, 0.2) is 5.82 Å². The zero-order valence-electron chi connectivity index (χ0n) is 21.0. The molecule has 2 aromatic rings. The van der Waals surface area contributed by atoms with Crippen molar-refractivity contribution < 1.29 is 9.90 Å². The normalized spacial score (nSPS) is 12.3. The molecule has 0 saturated carbocycles. The number of hydrogen-bond acceptors (Lipinski definition) is 6. The fourth-order valence-electron chi connectivity index (χ4n) is 3.99. The summed E-state index contributed by atoms with van der Waals surface area (Å²) in [5, 5.41) is 19.1. The topological polar surface area (TPSA) is 125 Å². The van der Waals surface area contributed by atoms with Crippen molar-refractivity contribution in [3.63, 3.8) is 0 Å². The number of carbonyl (C=O) groups excluding carboxylic acids is 1. The van der Waals surface area contributed by atoms with E-state index in [1.54, 1.807) is 35.9 Å². The molecule has 2 aromatic carbocycles. The van der Waals surface area contributed by atoms with Crippen molar-refractivity contribution in [2.24, 2.45) is 0 Å². The van der Waals surface area contributed by atoms with E-state index in [1.807, 2.05) is 26.0 Å². The fourth-order valence-corrected chi connectivity index (χ4v) is 4.98. The summed E-state index contributed by atoms with van der Waals surface area (Å²) in [4.78, 5) is 34.1. The number of nitrogens with one attached hydrogen (secondary N) is 3. The predicted molar refractivity (Wildman–Crippen MR) is 150 cm³/mol. The molecule has 4 N–H and O–H groups in total. The number of H-pyrrole nitrogens is 1. The van der Waals surface area contributed by atoms with Crippen LogP contribution in [0.3, 0.4) is 0 Å². The summed E-state index contributed by atoms with van der Waals surface area (Å²) in [5.41, 5.74) is 2.54. The average molecular weight is 578 g/mol. The molecule has 0 spiro atoms. The number of fused-ring (bicyclic) bond motifs is 1. The van der Waals surface area contributed by atoms with E-state index >= 15 is 0 Å². The number of benzene rings is 2. The van der Waals surface area contributed by atoms with Gasteiger partial charge in [0.1, 0.15) is 17.1 Å². The Morgan fingerprint density at radius 3 is 2.34 bits per heavy atom. The van der Waals surface area contributed by atoms with Gasteiger partial charge in [-0.15, -0.1) is 0 Å². The molecule has 0 bridgehead atoms. The number of aromatic nitrogens is 4. The lowest BCUT2D eigenvalue weighted by atomic mass is 10.1. The highest BCUT2D eigenvalue weighted by atomic mass is 35.5. The van der Waals surface area contributed by atoms with Crippen molar-refractivity contribution in [3.05, 3.63) is 78.9 Å². The lowest BCUT2D eigenvalue weighted by molar-refractivity contribution is -0.115. The van der Waals surface area contributed by atoms with Gasteiger partial charge in [0.25, 0.3) is 5.56 Å². The molecule has 0 radical (unpaired) electrons. The Labute approximate surface area is 234 Å². The SMILES string of the molecule is CC(O)CNCC(=O)Nc1ccc(Cc2nc3n(-c4c(Cl)cc(Cl)cc4Cl)[nH]c(C(C)C)c-3c(=O)n2)cc1. The number of aromatic amines is 1. The number of aliphatic hydroxyl groups is 1. The smallest absolute Gasteiger partial charge is 0.284 e. The number of rotatable bonds is 9. The van der Waals surface area contributed by atoms with E-state index in [4.69, 9.17) is 39.8 Å². The average Bonchev–Trinajstić information content (AvgIpc) is 3.19. The summed E-state index contributed by atoms with van der Waals surface area (Å²) in [6, 6.07) is 10.3. The van der Waals surface area contributed by atoms with Gasteiger partial charge in [0, 0.05) is 23.7 Å². The van der Waals surface area contributed by atoms with Crippen LogP contribution < -0.4 is 16.2 Å². The monoisotopic (exact) mass is 576 g/mol. The first-order valence-corrected chi connectivity index (χ1v) is 13.1. The molecule has 12 heteroatoms. The third kappa shape index (κ3) is 6.36. The van der Waals surface area contributed by atoms with Crippen molar-refractivity contribution in [2.75, 3.05) is 18.4 Å². The van der Waals surface area contributed by atoms with Gasteiger partial charge in [0.2, 0.25) is 5.91 Å². The van der Waals surface area contributed by atoms with E-state index in [0.29, 0.717) is 62.3 Å². The second-order valence-corrected chi connectivity index (χ2v) is 10.5. The molecule has 1 amide bonds. The number of carbonyl (C=O) groups is 1. The molecular formula is C26H27Cl3N6O3. The van der Waals surface area contributed by atoms with Gasteiger partial charge in [-0.1, -0.05) is 60.8 Å². The second kappa shape index (κ2) is 11.8. The minimum atomic E-state index is -0.531. The number of nitrogens with zero attached hydrogens (tertiary/aromatic N) is 3. The summed E-state index contributed by atoms with van der Waals surface area (Å²) < 4.78 is 1.60. The number of halogens is 3. The zero-order chi connectivity index (χ0) is 27.6. The van der Waals surface area contributed by atoms with Crippen LogP contribution in [-0.4, -0.2) is 50.0 Å². The summed E-state index contributed by atoms with van der Waals surface area (Å²) in [6.45, 7) is 5.97. The van der Waals surface area contributed by atoms with Crippen LogP contribution in [-0.2, 0) is 11.2 Å². The molecule has 4 rings (SSSR count). The summed E-state index contributed by atoms with van der Waals surface area (Å²) in [5.74, 6) is 0.450. The molecule has 0 aliphatic carbocycles. The van der Waals surface area contributed by atoms with Gasteiger partial charge in [-0.2, -0.15) is 4.98 Å². The second-order valence-electron chi connectivity index (χ2n) is 9.28. The quantitative estimate of drug-likeness (QED) is 0.230. The van der Waals surface area contributed by atoms with Gasteiger partial charge in [-0.05, 0) is 42.7 Å². The fraction of sp³-hybridized carbons (Fsp3) is 0.308. The van der Waals surface area contributed by atoms with E-state index in [-0.39, 0.29) is 18.4 Å². The largest absolute Gasteiger partial charge is 0.392 e.